The Kier molecular flexibility index (Phi) is 3.61. The van der Waals surface area contributed by atoms with Crippen molar-refractivity contribution in [1.82, 2.24) is 29.9 Å². The molecule has 2 aromatic rings. The smallest absolute Gasteiger partial charge is 0.274 e. The SMILES string of the molecule is COCC1CN(C(=O)c2cnccn2)Cc2nnn(C)c21. The number of methoxy groups -OCH3 is 1. The zero-order valence-corrected chi connectivity index (χ0v) is 11.9. The lowest BCUT2D eigenvalue weighted by atomic mass is 9.98. The highest BCUT2D eigenvalue weighted by Crippen LogP contribution is 2.27. The maximum absolute atomic E-state index is 12.5. The maximum Gasteiger partial charge on any atom is 0.274 e. The molecule has 0 spiro atoms. The van der Waals surface area contributed by atoms with Gasteiger partial charge in [-0.15, -0.1) is 5.10 Å². The van der Waals surface area contributed by atoms with E-state index in [0.717, 1.165) is 11.4 Å². The van der Waals surface area contributed by atoms with Crippen molar-refractivity contribution in [2.75, 3.05) is 20.3 Å². The van der Waals surface area contributed by atoms with E-state index in [0.29, 0.717) is 25.4 Å². The Hall–Kier alpha value is -2.35. The van der Waals surface area contributed by atoms with Crippen LogP contribution >= 0.6 is 0 Å². The van der Waals surface area contributed by atoms with Crippen molar-refractivity contribution in [1.29, 1.82) is 0 Å². The van der Waals surface area contributed by atoms with Crippen LogP contribution in [-0.2, 0) is 18.3 Å². The summed E-state index contributed by atoms with van der Waals surface area (Å²) < 4.78 is 7.01. The molecule has 1 atom stereocenters. The van der Waals surface area contributed by atoms with E-state index in [9.17, 15) is 4.79 Å². The summed E-state index contributed by atoms with van der Waals surface area (Å²) in [6.45, 7) is 1.49. The second-order valence-corrected chi connectivity index (χ2v) is 4.97. The van der Waals surface area contributed by atoms with E-state index in [-0.39, 0.29) is 11.8 Å². The predicted octanol–water partition coefficient (Wildman–Crippen LogP) is -0.00890. The largest absolute Gasteiger partial charge is 0.384 e. The molecule has 1 aliphatic heterocycles. The summed E-state index contributed by atoms with van der Waals surface area (Å²) in [5, 5.41) is 8.19. The molecule has 0 N–H and O–H groups in total. The van der Waals surface area contributed by atoms with Crippen LogP contribution in [0.2, 0.25) is 0 Å². The summed E-state index contributed by atoms with van der Waals surface area (Å²) in [4.78, 5) is 22.2. The number of aromatic nitrogens is 5. The molecule has 0 aromatic carbocycles. The number of nitrogens with zero attached hydrogens (tertiary/aromatic N) is 6. The first-order valence-electron chi connectivity index (χ1n) is 6.63. The minimum atomic E-state index is -0.152. The lowest BCUT2D eigenvalue weighted by Crippen LogP contribution is -2.40. The van der Waals surface area contributed by atoms with E-state index in [1.54, 1.807) is 22.9 Å². The zero-order valence-electron chi connectivity index (χ0n) is 11.9. The van der Waals surface area contributed by atoms with Gasteiger partial charge in [0.15, 0.2) is 0 Å². The Morgan fingerprint density at radius 2 is 2.33 bits per heavy atom. The van der Waals surface area contributed by atoms with Crippen molar-refractivity contribution in [2.45, 2.75) is 12.5 Å². The Labute approximate surface area is 121 Å². The van der Waals surface area contributed by atoms with Gasteiger partial charge in [0.25, 0.3) is 5.91 Å². The number of aryl methyl sites for hydroxylation is 1. The molecule has 3 heterocycles. The van der Waals surface area contributed by atoms with Crippen LogP contribution in [0.25, 0.3) is 0 Å². The van der Waals surface area contributed by atoms with Crippen LogP contribution in [0.15, 0.2) is 18.6 Å². The Balaban J connectivity index is 1.88. The first-order valence-corrected chi connectivity index (χ1v) is 6.63. The number of fused-ring (bicyclic) bond motifs is 1. The van der Waals surface area contributed by atoms with Gasteiger partial charge in [-0.2, -0.15) is 0 Å². The van der Waals surface area contributed by atoms with Gasteiger partial charge in [-0.25, -0.2) is 4.98 Å². The van der Waals surface area contributed by atoms with Gasteiger partial charge >= 0.3 is 0 Å². The average Bonchev–Trinajstić information content (AvgIpc) is 2.89. The molecule has 2 aromatic heterocycles. The van der Waals surface area contributed by atoms with E-state index in [1.807, 2.05) is 7.05 Å². The van der Waals surface area contributed by atoms with Crippen LogP contribution in [-0.4, -0.2) is 56.0 Å². The van der Waals surface area contributed by atoms with Crippen LogP contribution in [0.1, 0.15) is 27.8 Å². The monoisotopic (exact) mass is 288 g/mol. The van der Waals surface area contributed by atoms with Crippen molar-refractivity contribution < 1.29 is 9.53 Å². The summed E-state index contributed by atoms with van der Waals surface area (Å²) in [5.74, 6) is -0.0973. The third-order valence-corrected chi connectivity index (χ3v) is 3.55. The van der Waals surface area contributed by atoms with Crippen molar-refractivity contribution >= 4 is 5.91 Å². The third-order valence-electron chi connectivity index (χ3n) is 3.55. The van der Waals surface area contributed by atoms with Crippen molar-refractivity contribution in [2.24, 2.45) is 7.05 Å². The molecule has 0 saturated heterocycles. The average molecular weight is 288 g/mol. The molecule has 0 radical (unpaired) electrons. The Morgan fingerprint density at radius 1 is 1.48 bits per heavy atom. The van der Waals surface area contributed by atoms with E-state index in [4.69, 9.17) is 4.74 Å². The Bertz CT molecular complexity index is 641. The summed E-state index contributed by atoms with van der Waals surface area (Å²) in [6, 6.07) is 0. The highest BCUT2D eigenvalue weighted by Gasteiger charge is 2.33. The number of ether oxygens (including phenoxy) is 1. The molecule has 0 aliphatic carbocycles. The van der Waals surface area contributed by atoms with Gasteiger partial charge in [-0.3, -0.25) is 14.5 Å². The van der Waals surface area contributed by atoms with Crippen LogP contribution < -0.4 is 0 Å². The quantitative estimate of drug-likeness (QED) is 0.789. The molecule has 21 heavy (non-hydrogen) atoms. The molecular weight excluding hydrogens is 272 g/mol. The van der Waals surface area contributed by atoms with Gasteiger partial charge in [-0.05, 0) is 0 Å². The highest BCUT2D eigenvalue weighted by molar-refractivity contribution is 5.92. The molecule has 8 heteroatoms. The van der Waals surface area contributed by atoms with E-state index in [2.05, 4.69) is 20.3 Å². The number of hydrogen-bond acceptors (Lipinski definition) is 6. The van der Waals surface area contributed by atoms with E-state index >= 15 is 0 Å². The predicted molar refractivity (Wildman–Crippen MR) is 72.4 cm³/mol. The van der Waals surface area contributed by atoms with Crippen molar-refractivity contribution in [3.63, 3.8) is 0 Å². The zero-order chi connectivity index (χ0) is 14.8. The van der Waals surface area contributed by atoms with Crippen LogP contribution in [0.3, 0.4) is 0 Å². The Morgan fingerprint density at radius 3 is 3.05 bits per heavy atom. The summed E-state index contributed by atoms with van der Waals surface area (Å²) in [6.07, 6.45) is 4.53. The number of amides is 1. The fourth-order valence-electron chi connectivity index (χ4n) is 2.68. The van der Waals surface area contributed by atoms with Crippen molar-refractivity contribution in [3.8, 4) is 0 Å². The number of hydrogen-bond donors (Lipinski definition) is 0. The first kappa shape index (κ1) is 13.6. The lowest BCUT2D eigenvalue weighted by Gasteiger charge is -2.31. The molecule has 3 rings (SSSR count). The van der Waals surface area contributed by atoms with Gasteiger partial charge in [-0.1, -0.05) is 5.21 Å². The molecule has 1 aliphatic rings. The highest BCUT2D eigenvalue weighted by atomic mass is 16.5. The summed E-state index contributed by atoms with van der Waals surface area (Å²) in [7, 11) is 3.50. The summed E-state index contributed by atoms with van der Waals surface area (Å²) in [5.41, 5.74) is 2.17. The molecule has 1 unspecified atom stereocenters. The second-order valence-electron chi connectivity index (χ2n) is 4.97. The minimum absolute atomic E-state index is 0.0550. The van der Waals surface area contributed by atoms with Gasteiger partial charge in [0, 0.05) is 39.0 Å². The van der Waals surface area contributed by atoms with E-state index in [1.165, 1.54) is 12.4 Å². The third kappa shape index (κ3) is 2.49. The topological polar surface area (TPSA) is 86.0 Å². The second kappa shape index (κ2) is 5.57. The molecule has 1 amide bonds. The number of carbonyl (C=O) groups is 1. The standard InChI is InChI=1S/C13H16N6O2/c1-18-12-9(8-21-2)6-19(7-11(12)16-17-18)13(20)10-5-14-3-4-15-10/h3-5,9H,6-8H2,1-2H3. The van der Waals surface area contributed by atoms with E-state index < -0.39 is 0 Å². The maximum atomic E-state index is 12.5. The first-order chi connectivity index (χ1) is 10.2. The minimum Gasteiger partial charge on any atom is -0.384 e. The number of carbonyl (C=O) groups excluding carboxylic acids is 1. The van der Waals surface area contributed by atoms with Crippen molar-refractivity contribution in [3.05, 3.63) is 35.7 Å². The molecule has 8 nitrogen and oxygen atoms in total. The molecule has 0 saturated carbocycles. The van der Waals surface area contributed by atoms with Gasteiger partial charge in [0.1, 0.15) is 11.4 Å². The summed E-state index contributed by atoms with van der Waals surface area (Å²) >= 11 is 0. The lowest BCUT2D eigenvalue weighted by molar-refractivity contribution is 0.0667. The normalized spacial score (nSPS) is 17.6. The molecule has 110 valence electrons. The number of rotatable bonds is 3. The van der Waals surface area contributed by atoms with Gasteiger partial charge < -0.3 is 9.64 Å². The fourth-order valence-corrected chi connectivity index (χ4v) is 2.68. The molecular formula is C13H16N6O2. The van der Waals surface area contributed by atoms with Crippen LogP contribution in [0.4, 0.5) is 0 Å². The van der Waals surface area contributed by atoms with Crippen LogP contribution in [0, 0.1) is 0 Å². The van der Waals surface area contributed by atoms with Gasteiger partial charge in [0.05, 0.1) is 25.0 Å². The fraction of sp³-hybridized carbons (Fsp3) is 0.462. The molecule has 0 bridgehead atoms. The van der Waals surface area contributed by atoms with Gasteiger partial charge in [0.2, 0.25) is 0 Å². The molecule has 0 fully saturated rings. The van der Waals surface area contributed by atoms with Crippen LogP contribution in [0.5, 0.6) is 0 Å².